The highest BCUT2D eigenvalue weighted by molar-refractivity contribution is 4.61. The van der Waals surface area contributed by atoms with Gasteiger partial charge < -0.3 is 14.8 Å². The molecule has 3 heteroatoms. The van der Waals surface area contributed by atoms with Crippen LogP contribution in [0.1, 0.15) is 6.92 Å². The van der Waals surface area contributed by atoms with E-state index in [9.17, 15) is 0 Å². The molecule has 1 N–H and O–H groups in total. The second-order valence-electron chi connectivity index (χ2n) is 2.53. The predicted octanol–water partition coefficient (Wildman–Crippen LogP) is 0.216. The molecule has 0 radical (unpaired) electrons. The number of hydrogen-bond donors (Lipinski definition) is 1. The van der Waals surface area contributed by atoms with Crippen LogP contribution in [0.15, 0.2) is 0 Å². The molecule has 0 aromatic heterocycles. The first-order valence-corrected chi connectivity index (χ1v) is 3.79. The molecule has 1 saturated heterocycles. The molecular formula is C7H15NO2. The Hall–Kier alpha value is -0.120. The Bertz CT molecular complexity index is 81.7. The molecule has 10 heavy (non-hydrogen) atoms. The van der Waals surface area contributed by atoms with Gasteiger partial charge in [0, 0.05) is 12.5 Å². The molecule has 60 valence electrons. The zero-order chi connectivity index (χ0) is 7.23. The maximum absolute atomic E-state index is 5.12. The van der Waals surface area contributed by atoms with Gasteiger partial charge in [-0.3, -0.25) is 0 Å². The molecule has 0 spiro atoms. The standard InChI is InChI=1S/C7H15NO2/c1-2-8-3-7-4-9-6-10-5-7/h7-8H,2-6H2,1H3. The average molecular weight is 145 g/mol. The fraction of sp³-hybridized carbons (Fsp3) is 1.00. The van der Waals surface area contributed by atoms with Crippen LogP contribution in [0.3, 0.4) is 0 Å². The van der Waals surface area contributed by atoms with Crippen LogP contribution in [0.4, 0.5) is 0 Å². The van der Waals surface area contributed by atoms with E-state index in [0.29, 0.717) is 12.7 Å². The smallest absolute Gasteiger partial charge is 0.146 e. The molecule has 1 rings (SSSR count). The highest BCUT2D eigenvalue weighted by Crippen LogP contribution is 2.02. The number of rotatable bonds is 3. The van der Waals surface area contributed by atoms with Crippen LogP contribution >= 0.6 is 0 Å². The third-order valence-electron chi connectivity index (χ3n) is 1.56. The molecule has 0 aliphatic carbocycles. The molecule has 1 aliphatic heterocycles. The normalized spacial score (nSPS) is 21.3. The quantitative estimate of drug-likeness (QED) is 0.616. The van der Waals surface area contributed by atoms with Gasteiger partial charge in [0.15, 0.2) is 0 Å². The van der Waals surface area contributed by atoms with Crippen LogP contribution in [-0.2, 0) is 9.47 Å². The van der Waals surface area contributed by atoms with E-state index in [1.165, 1.54) is 0 Å². The molecule has 0 atom stereocenters. The van der Waals surface area contributed by atoms with E-state index in [2.05, 4.69) is 12.2 Å². The van der Waals surface area contributed by atoms with Crippen molar-refractivity contribution in [2.75, 3.05) is 33.1 Å². The molecule has 0 aromatic rings. The summed E-state index contributed by atoms with van der Waals surface area (Å²) in [5.74, 6) is 0.550. The molecular weight excluding hydrogens is 130 g/mol. The lowest BCUT2D eigenvalue weighted by molar-refractivity contribution is -0.124. The van der Waals surface area contributed by atoms with E-state index in [-0.39, 0.29) is 0 Å². The third-order valence-corrected chi connectivity index (χ3v) is 1.56. The maximum Gasteiger partial charge on any atom is 0.146 e. The molecule has 0 saturated carbocycles. The van der Waals surface area contributed by atoms with Crippen molar-refractivity contribution in [3.63, 3.8) is 0 Å². The van der Waals surface area contributed by atoms with Crippen molar-refractivity contribution in [1.82, 2.24) is 5.32 Å². The summed E-state index contributed by atoms with van der Waals surface area (Å²) in [6.07, 6.45) is 0. The topological polar surface area (TPSA) is 30.5 Å². The zero-order valence-corrected chi connectivity index (χ0v) is 6.43. The monoisotopic (exact) mass is 145 g/mol. The predicted molar refractivity (Wildman–Crippen MR) is 38.8 cm³/mol. The Morgan fingerprint density at radius 3 is 2.70 bits per heavy atom. The van der Waals surface area contributed by atoms with Crippen LogP contribution < -0.4 is 5.32 Å². The molecule has 1 fully saturated rings. The second kappa shape index (κ2) is 4.66. The van der Waals surface area contributed by atoms with Crippen molar-refractivity contribution < 1.29 is 9.47 Å². The number of nitrogens with one attached hydrogen (secondary N) is 1. The lowest BCUT2D eigenvalue weighted by atomic mass is 10.2. The molecule has 0 aromatic carbocycles. The van der Waals surface area contributed by atoms with Gasteiger partial charge in [-0.2, -0.15) is 0 Å². The Labute approximate surface area is 61.7 Å². The summed E-state index contributed by atoms with van der Waals surface area (Å²) in [5.41, 5.74) is 0. The lowest BCUT2D eigenvalue weighted by Gasteiger charge is -2.22. The highest BCUT2D eigenvalue weighted by atomic mass is 16.7. The van der Waals surface area contributed by atoms with Crippen molar-refractivity contribution in [1.29, 1.82) is 0 Å². The van der Waals surface area contributed by atoms with Crippen molar-refractivity contribution >= 4 is 0 Å². The van der Waals surface area contributed by atoms with E-state index in [1.807, 2.05) is 0 Å². The Balaban J connectivity index is 2.02. The van der Waals surface area contributed by atoms with E-state index < -0.39 is 0 Å². The first-order chi connectivity index (χ1) is 4.93. The molecule has 1 heterocycles. The van der Waals surface area contributed by atoms with Gasteiger partial charge in [-0.1, -0.05) is 6.92 Å². The van der Waals surface area contributed by atoms with Gasteiger partial charge >= 0.3 is 0 Å². The third kappa shape index (κ3) is 2.64. The Kier molecular flexibility index (Phi) is 3.72. The first-order valence-electron chi connectivity index (χ1n) is 3.79. The van der Waals surface area contributed by atoms with Gasteiger partial charge in [0.05, 0.1) is 13.2 Å². The molecule has 3 nitrogen and oxygen atoms in total. The fourth-order valence-corrected chi connectivity index (χ4v) is 1.00. The fourth-order valence-electron chi connectivity index (χ4n) is 1.00. The van der Waals surface area contributed by atoms with Gasteiger partial charge in [-0.05, 0) is 6.54 Å². The van der Waals surface area contributed by atoms with Crippen LogP contribution in [0, 0.1) is 5.92 Å². The summed E-state index contributed by atoms with van der Waals surface area (Å²) in [6.45, 7) is 6.29. The zero-order valence-electron chi connectivity index (χ0n) is 6.43. The Morgan fingerprint density at radius 1 is 1.40 bits per heavy atom. The largest absolute Gasteiger partial charge is 0.355 e. The van der Waals surface area contributed by atoms with Crippen molar-refractivity contribution in [2.45, 2.75) is 6.92 Å². The van der Waals surface area contributed by atoms with Crippen LogP contribution in [0.25, 0.3) is 0 Å². The first kappa shape index (κ1) is 7.98. The molecule has 0 amide bonds. The minimum absolute atomic E-state index is 0.475. The lowest BCUT2D eigenvalue weighted by Crippen LogP contribution is -2.33. The SMILES string of the molecule is CCNCC1COCOC1. The van der Waals surface area contributed by atoms with E-state index >= 15 is 0 Å². The molecule has 0 bridgehead atoms. The summed E-state index contributed by atoms with van der Waals surface area (Å²) in [7, 11) is 0. The van der Waals surface area contributed by atoms with E-state index in [4.69, 9.17) is 9.47 Å². The van der Waals surface area contributed by atoms with Gasteiger partial charge in [0.25, 0.3) is 0 Å². The van der Waals surface area contributed by atoms with Gasteiger partial charge in [0.2, 0.25) is 0 Å². The molecule has 1 aliphatic rings. The van der Waals surface area contributed by atoms with Crippen LogP contribution in [0.5, 0.6) is 0 Å². The van der Waals surface area contributed by atoms with Crippen molar-refractivity contribution in [2.24, 2.45) is 5.92 Å². The summed E-state index contributed by atoms with van der Waals surface area (Å²) < 4.78 is 10.2. The van der Waals surface area contributed by atoms with Crippen LogP contribution in [-0.4, -0.2) is 33.1 Å². The van der Waals surface area contributed by atoms with Gasteiger partial charge in [0.1, 0.15) is 6.79 Å². The second-order valence-corrected chi connectivity index (χ2v) is 2.53. The molecule has 0 unspecified atom stereocenters. The summed E-state index contributed by atoms with van der Waals surface area (Å²) in [4.78, 5) is 0. The van der Waals surface area contributed by atoms with Crippen molar-refractivity contribution in [3.8, 4) is 0 Å². The van der Waals surface area contributed by atoms with Gasteiger partial charge in [-0.25, -0.2) is 0 Å². The summed E-state index contributed by atoms with van der Waals surface area (Å²) in [6, 6.07) is 0. The van der Waals surface area contributed by atoms with Crippen molar-refractivity contribution in [3.05, 3.63) is 0 Å². The van der Waals surface area contributed by atoms with Gasteiger partial charge in [-0.15, -0.1) is 0 Å². The number of ether oxygens (including phenoxy) is 2. The highest BCUT2D eigenvalue weighted by Gasteiger charge is 2.12. The Morgan fingerprint density at radius 2 is 2.10 bits per heavy atom. The van der Waals surface area contributed by atoms with Crippen LogP contribution in [0.2, 0.25) is 0 Å². The number of hydrogen-bond acceptors (Lipinski definition) is 3. The summed E-state index contributed by atoms with van der Waals surface area (Å²) in [5, 5.41) is 3.26. The summed E-state index contributed by atoms with van der Waals surface area (Å²) >= 11 is 0. The van der Waals surface area contributed by atoms with E-state index in [0.717, 1.165) is 26.3 Å². The minimum Gasteiger partial charge on any atom is -0.355 e. The average Bonchev–Trinajstić information content (AvgIpc) is 2.03. The maximum atomic E-state index is 5.12. The van der Waals surface area contributed by atoms with E-state index in [1.54, 1.807) is 0 Å². The minimum atomic E-state index is 0.475.